The van der Waals surface area contributed by atoms with Gasteiger partial charge in [0.05, 0.1) is 23.9 Å². The molecule has 0 unspecified atom stereocenters. The fraction of sp³-hybridized carbons (Fsp3) is 0.615. The largest absolute Gasteiger partial charge is 0.394 e. The van der Waals surface area contributed by atoms with Crippen LogP contribution < -0.4 is 5.32 Å². The molecular weight excluding hydrogens is 262 g/mol. The minimum absolute atomic E-state index is 0.0796. The number of hydrogen-bond donors (Lipinski definition) is 2. The number of aliphatic hydroxyl groups is 1. The third-order valence-electron chi connectivity index (χ3n) is 2.91. The van der Waals surface area contributed by atoms with Gasteiger partial charge in [-0.05, 0) is 26.0 Å². The maximum absolute atomic E-state index is 12.3. The number of hydrogen-bond acceptors (Lipinski definition) is 5. The summed E-state index contributed by atoms with van der Waals surface area (Å²) in [7, 11) is 0. The Labute approximate surface area is 118 Å². The number of aliphatic hydroxyl groups excluding tert-OH is 1. The van der Waals surface area contributed by atoms with Gasteiger partial charge in [0.15, 0.2) is 0 Å². The summed E-state index contributed by atoms with van der Waals surface area (Å²) in [6, 6.07) is -0.261. The maximum atomic E-state index is 12.3. The number of aryl methyl sites for hydroxylation is 2. The van der Waals surface area contributed by atoms with Crippen LogP contribution in [0, 0.1) is 19.8 Å². The van der Waals surface area contributed by atoms with Crippen molar-refractivity contribution in [3.8, 4) is 0 Å². The van der Waals surface area contributed by atoms with Crippen molar-refractivity contribution in [2.75, 3.05) is 12.9 Å². The van der Waals surface area contributed by atoms with Crippen LogP contribution in [0.1, 0.15) is 35.7 Å². The van der Waals surface area contributed by atoms with E-state index in [1.165, 1.54) is 11.8 Å². The van der Waals surface area contributed by atoms with Gasteiger partial charge in [-0.1, -0.05) is 13.8 Å². The molecule has 1 heterocycles. The van der Waals surface area contributed by atoms with Gasteiger partial charge in [0, 0.05) is 0 Å². The van der Waals surface area contributed by atoms with Crippen molar-refractivity contribution in [3.63, 3.8) is 0 Å². The average molecular weight is 283 g/mol. The summed E-state index contributed by atoms with van der Waals surface area (Å²) >= 11 is 1.42. The molecule has 1 atom stereocenters. The molecule has 0 fully saturated rings. The molecule has 1 rings (SSSR count). The van der Waals surface area contributed by atoms with Crippen LogP contribution in [0.25, 0.3) is 0 Å². The number of rotatable bonds is 5. The number of nitrogens with zero attached hydrogens (tertiary/aromatic N) is 2. The Morgan fingerprint density at radius 1 is 1.37 bits per heavy atom. The predicted octanol–water partition coefficient (Wildman–Crippen LogP) is 1.56. The van der Waals surface area contributed by atoms with Gasteiger partial charge in [-0.3, -0.25) is 4.79 Å². The SMILES string of the molecule is CSc1nc(C)nc(C)c1C(=O)N[C@H](CO)C(C)C. The molecule has 5 nitrogen and oxygen atoms in total. The lowest BCUT2D eigenvalue weighted by atomic mass is 10.0. The van der Waals surface area contributed by atoms with Gasteiger partial charge in [0.25, 0.3) is 5.91 Å². The third kappa shape index (κ3) is 3.91. The first kappa shape index (κ1) is 15.9. The van der Waals surface area contributed by atoms with Gasteiger partial charge in [-0.2, -0.15) is 0 Å². The van der Waals surface area contributed by atoms with Crippen LogP contribution in [-0.2, 0) is 0 Å². The molecule has 0 spiro atoms. The zero-order valence-electron chi connectivity index (χ0n) is 12.0. The Balaban J connectivity index is 3.05. The van der Waals surface area contributed by atoms with Crippen LogP contribution in [0.3, 0.4) is 0 Å². The first-order valence-electron chi connectivity index (χ1n) is 6.21. The van der Waals surface area contributed by atoms with Gasteiger partial charge >= 0.3 is 0 Å². The molecule has 0 saturated carbocycles. The zero-order chi connectivity index (χ0) is 14.6. The van der Waals surface area contributed by atoms with E-state index >= 15 is 0 Å². The van der Waals surface area contributed by atoms with Gasteiger partial charge < -0.3 is 10.4 Å². The van der Waals surface area contributed by atoms with E-state index in [0.717, 1.165) is 0 Å². The van der Waals surface area contributed by atoms with E-state index in [9.17, 15) is 9.90 Å². The molecule has 2 N–H and O–H groups in total. The number of nitrogens with one attached hydrogen (secondary N) is 1. The van der Waals surface area contributed by atoms with E-state index in [-0.39, 0.29) is 24.5 Å². The first-order valence-corrected chi connectivity index (χ1v) is 7.44. The summed E-state index contributed by atoms with van der Waals surface area (Å²) in [5.41, 5.74) is 1.16. The minimum Gasteiger partial charge on any atom is -0.394 e. The smallest absolute Gasteiger partial charge is 0.256 e. The van der Waals surface area contributed by atoms with E-state index in [2.05, 4.69) is 15.3 Å². The number of carbonyl (C=O) groups excluding carboxylic acids is 1. The summed E-state index contributed by atoms with van der Waals surface area (Å²) in [5, 5.41) is 12.8. The summed E-state index contributed by atoms with van der Waals surface area (Å²) in [6.07, 6.45) is 1.88. The van der Waals surface area contributed by atoms with Gasteiger partial charge in [0.1, 0.15) is 10.9 Å². The van der Waals surface area contributed by atoms with Crippen LogP contribution >= 0.6 is 11.8 Å². The number of amides is 1. The molecule has 1 amide bonds. The quantitative estimate of drug-likeness (QED) is 0.633. The highest BCUT2D eigenvalue weighted by Crippen LogP contribution is 2.20. The Morgan fingerprint density at radius 2 is 2.00 bits per heavy atom. The fourth-order valence-corrected chi connectivity index (χ4v) is 2.42. The standard InChI is InChI=1S/C13H21N3O2S/c1-7(2)10(6-17)16-12(18)11-8(3)14-9(4)15-13(11)19-5/h7,10,17H,6H2,1-5H3,(H,16,18)/t10-/m1/s1. The van der Waals surface area contributed by atoms with Gasteiger partial charge in [0.2, 0.25) is 0 Å². The topological polar surface area (TPSA) is 75.1 Å². The van der Waals surface area contributed by atoms with Crippen molar-refractivity contribution in [2.45, 2.75) is 38.8 Å². The Hall–Kier alpha value is -1.14. The van der Waals surface area contributed by atoms with Crippen LogP contribution in [0.2, 0.25) is 0 Å². The average Bonchev–Trinajstić information content (AvgIpc) is 2.33. The molecule has 0 saturated heterocycles. The molecule has 1 aromatic heterocycles. The molecule has 0 bridgehead atoms. The van der Waals surface area contributed by atoms with Gasteiger partial charge in [-0.25, -0.2) is 9.97 Å². The Bertz CT molecular complexity index is 463. The molecule has 0 aromatic carbocycles. The van der Waals surface area contributed by atoms with Crippen LogP contribution in [0.15, 0.2) is 5.03 Å². The van der Waals surface area contributed by atoms with E-state index < -0.39 is 0 Å². The zero-order valence-corrected chi connectivity index (χ0v) is 12.8. The van der Waals surface area contributed by atoms with E-state index in [4.69, 9.17) is 0 Å². The number of carbonyl (C=O) groups is 1. The Kier molecular flexibility index (Phi) is 5.75. The molecule has 106 valence electrons. The van der Waals surface area contributed by atoms with Crippen molar-refractivity contribution in [2.24, 2.45) is 5.92 Å². The molecule has 1 aromatic rings. The molecular formula is C13H21N3O2S. The lowest BCUT2D eigenvalue weighted by molar-refractivity contribution is 0.0892. The first-order chi connectivity index (χ1) is 8.90. The summed E-state index contributed by atoms with van der Waals surface area (Å²) in [6.45, 7) is 7.43. The highest BCUT2D eigenvalue weighted by Gasteiger charge is 2.21. The monoisotopic (exact) mass is 283 g/mol. The lowest BCUT2D eigenvalue weighted by Gasteiger charge is -2.21. The second-order valence-corrected chi connectivity index (χ2v) is 5.54. The maximum Gasteiger partial charge on any atom is 0.256 e. The second-order valence-electron chi connectivity index (χ2n) is 4.75. The fourth-order valence-electron chi connectivity index (χ4n) is 1.75. The van der Waals surface area contributed by atoms with Gasteiger partial charge in [-0.15, -0.1) is 11.8 Å². The Morgan fingerprint density at radius 3 is 2.47 bits per heavy atom. The molecule has 0 aliphatic heterocycles. The van der Waals surface area contributed by atoms with E-state index in [1.807, 2.05) is 20.1 Å². The van der Waals surface area contributed by atoms with E-state index in [0.29, 0.717) is 22.1 Å². The van der Waals surface area contributed by atoms with Crippen molar-refractivity contribution in [1.29, 1.82) is 0 Å². The van der Waals surface area contributed by atoms with Crippen LogP contribution in [-0.4, -0.2) is 39.9 Å². The molecule has 19 heavy (non-hydrogen) atoms. The molecule has 0 aliphatic carbocycles. The van der Waals surface area contributed by atoms with Crippen molar-refractivity contribution >= 4 is 17.7 Å². The van der Waals surface area contributed by atoms with E-state index in [1.54, 1.807) is 13.8 Å². The lowest BCUT2D eigenvalue weighted by Crippen LogP contribution is -2.41. The highest BCUT2D eigenvalue weighted by atomic mass is 32.2. The summed E-state index contributed by atoms with van der Waals surface area (Å²) in [5.74, 6) is 0.592. The highest BCUT2D eigenvalue weighted by molar-refractivity contribution is 7.98. The van der Waals surface area contributed by atoms with Crippen molar-refractivity contribution in [1.82, 2.24) is 15.3 Å². The second kappa shape index (κ2) is 6.86. The van der Waals surface area contributed by atoms with Crippen molar-refractivity contribution < 1.29 is 9.90 Å². The van der Waals surface area contributed by atoms with Crippen LogP contribution in [0.4, 0.5) is 0 Å². The minimum atomic E-state index is -0.261. The predicted molar refractivity (Wildman–Crippen MR) is 76.5 cm³/mol. The summed E-state index contributed by atoms with van der Waals surface area (Å²) in [4.78, 5) is 20.8. The number of aromatic nitrogens is 2. The number of thioether (sulfide) groups is 1. The molecule has 0 radical (unpaired) electrons. The normalized spacial score (nSPS) is 12.6. The molecule has 0 aliphatic rings. The van der Waals surface area contributed by atoms with Crippen molar-refractivity contribution in [3.05, 3.63) is 17.1 Å². The third-order valence-corrected chi connectivity index (χ3v) is 3.59. The molecule has 6 heteroatoms. The van der Waals surface area contributed by atoms with Crippen LogP contribution in [0.5, 0.6) is 0 Å². The summed E-state index contributed by atoms with van der Waals surface area (Å²) < 4.78 is 0.